The summed E-state index contributed by atoms with van der Waals surface area (Å²) >= 11 is 0. The summed E-state index contributed by atoms with van der Waals surface area (Å²) in [6.07, 6.45) is 3.49. The number of aromatic amines is 1. The maximum atomic E-state index is 12.3. The van der Waals surface area contributed by atoms with E-state index in [4.69, 9.17) is 9.47 Å². The van der Waals surface area contributed by atoms with Gasteiger partial charge in [0.1, 0.15) is 11.4 Å². The first kappa shape index (κ1) is 23.1. The number of methoxy groups -OCH3 is 1. The van der Waals surface area contributed by atoms with Gasteiger partial charge in [-0.15, -0.1) is 0 Å². The molecule has 1 aliphatic heterocycles. The molecule has 1 amide bonds. The van der Waals surface area contributed by atoms with Crippen LogP contribution >= 0.6 is 0 Å². The van der Waals surface area contributed by atoms with Crippen LogP contribution in [-0.2, 0) is 11.3 Å². The lowest BCUT2D eigenvalue weighted by atomic mass is 10.00. The largest absolute Gasteiger partial charge is 0.496 e. The van der Waals surface area contributed by atoms with Gasteiger partial charge in [-0.3, -0.25) is 10.00 Å². The van der Waals surface area contributed by atoms with Crippen LogP contribution in [0.25, 0.3) is 22.0 Å². The molecule has 4 rings (SSSR count). The minimum atomic E-state index is -0.461. The van der Waals surface area contributed by atoms with Crippen LogP contribution in [0.15, 0.2) is 42.6 Å². The zero-order chi connectivity index (χ0) is 23.6. The minimum absolute atomic E-state index is 0.213. The quantitative estimate of drug-likeness (QED) is 0.588. The highest BCUT2D eigenvalue weighted by Gasteiger charge is 2.28. The highest BCUT2D eigenvalue weighted by atomic mass is 16.6. The number of aromatic nitrogens is 2. The third-order valence-corrected chi connectivity index (χ3v) is 6.22. The molecule has 7 heteroatoms. The van der Waals surface area contributed by atoms with Gasteiger partial charge in [-0.05, 0) is 70.0 Å². The molecule has 0 aliphatic carbocycles. The first-order valence-electron chi connectivity index (χ1n) is 11.5. The lowest BCUT2D eigenvalue weighted by molar-refractivity contribution is 0.0153. The average Bonchev–Trinajstić information content (AvgIpc) is 3.26. The van der Waals surface area contributed by atoms with Crippen LogP contribution in [0, 0.1) is 0 Å². The number of carbonyl (C=O) groups excluding carboxylic acids is 1. The minimum Gasteiger partial charge on any atom is -0.496 e. The molecule has 2 aromatic carbocycles. The summed E-state index contributed by atoms with van der Waals surface area (Å²) in [7, 11) is 3.87. The highest BCUT2D eigenvalue weighted by Crippen LogP contribution is 2.30. The van der Waals surface area contributed by atoms with E-state index in [1.807, 2.05) is 31.9 Å². The van der Waals surface area contributed by atoms with Crippen molar-refractivity contribution in [3.8, 4) is 16.9 Å². The molecule has 0 spiro atoms. The Balaban J connectivity index is 1.40. The Bertz CT molecular complexity index is 1110. The van der Waals surface area contributed by atoms with Crippen LogP contribution in [0.5, 0.6) is 5.75 Å². The van der Waals surface area contributed by atoms with Gasteiger partial charge < -0.3 is 14.4 Å². The second-order valence-corrected chi connectivity index (χ2v) is 9.81. The van der Waals surface area contributed by atoms with Crippen LogP contribution in [0.1, 0.15) is 39.2 Å². The summed E-state index contributed by atoms with van der Waals surface area (Å²) in [6, 6.07) is 13.1. The second-order valence-electron chi connectivity index (χ2n) is 9.81. The van der Waals surface area contributed by atoms with Crippen molar-refractivity contribution >= 4 is 17.0 Å². The van der Waals surface area contributed by atoms with E-state index in [9.17, 15) is 4.79 Å². The van der Waals surface area contributed by atoms with Crippen molar-refractivity contribution in [2.75, 3.05) is 27.2 Å². The van der Waals surface area contributed by atoms with Crippen molar-refractivity contribution in [1.82, 2.24) is 20.0 Å². The van der Waals surface area contributed by atoms with Gasteiger partial charge in [0.05, 0.1) is 18.8 Å². The molecule has 1 fully saturated rings. The zero-order valence-corrected chi connectivity index (χ0v) is 20.2. The molecule has 1 aromatic heterocycles. The van der Waals surface area contributed by atoms with Crippen LogP contribution in [0.2, 0.25) is 0 Å². The van der Waals surface area contributed by atoms with E-state index in [0.717, 1.165) is 65.8 Å². The van der Waals surface area contributed by atoms with Gasteiger partial charge >= 0.3 is 6.09 Å². The molecule has 1 aliphatic rings. The monoisotopic (exact) mass is 450 g/mol. The number of hydrogen-bond acceptors (Lipinski definition) is 5. The molecule has 1 saturated heterocycles. The number of carbonyl (C=O) groups is 1. The van der Waals surface area contributed by atoms with Crippen molar-refractivity contribution in [3.63, 3.8) is 0 Å². The summed E-state index contributed by atoms with van der Waals surface area (Å²) in [5.41, 5.74) is 3.98. The van der Waals surface area contributed by atoms with Crippen LogP contribution in [0.3, 0.4) is 0 Å². The molecule has 2 heterocycles. The van der Waals surface area contributed by atoms with E-state index >= 15 is 0 Å². The summed E-state index contributed by atoms with van der Waals surface area (Å²) in [5.74, 6) is 0.887. The zero-order valence-electron chi connectivity index (χ0n) is 20.2. The van der Waals surface area contributed by atoms with E-state index in [1.54, 1.807) is 7.11 Å². The molecule has 176 valence electrons. The Labute approximate surface area is 195 Å². The maximum Gasteiger partial charge on any atom is 0.410 e. The van der Waals surface area contributed by atoms with E-state index in [2.05, 4.69) is 58.5 Å². The van der Waals surface area contributed by atoms with Crippen LogP contribution < -0.4 is 4.74 Å². The fourth-order valence-electron chi connectivity index (χ4n) is 4.39. The maximum absolute atomic E-state index is 12.3. The number of piperidine rings is 1. The molecule has 0 saturated carbocycles. The van der Waals surface area contributed by atoms with Crippen molar-refractivity contribution in [2.45, 2.75) is 51.8 Å². The third kappa shape index (κ3) is 5.47. The highest BCUT2D eigenvalue weighted by molar-refractivity contribution is 5.84. The molecule has 0 atom stereocenters. The van der Waals surface area contributed by atoms with Gasteiger partial charge in [0, 0.05) is 36.6 Å². The molecule has 33 heavy (non-hydrogen) atoms. The van der Waals surface area contributed by atoms with Crippen molar-refractivity contribution in [1.29, 1.82) is 0 Å². The van der Waals surface area contributed by atoms with Gasteiger partial charge in [-0.2, -0.15) is 5.10 Å². The number of amides is 1. The number of fused-ring (bicyclic) bond motifs is 1. The van der Waals surface area contributed by atoms with Gasteiger partial charge in [0.25, 0.3) is 0 Å². The summed E-state index contributed by atoms with van der Waals surface area (Å²) in [4.78, 5) is 16.5. The lowest BCUT2D eigenvalue weighted by Crippen LogP contribution is -2.46. The normalized spacial score (nSPS) is 15.3. The Morgan fingerprint density at radius 2 is 1.85 bits per heavy atom. The summed E-state index contributed by atoms with van der Waals surface area (Å²) in [5, 5.41) is 8.19. The predicted octanol–water partition coefficient (Wildman–Crippen LogP) is 5.07. The molecule has 0 unspecified atom stereocenters. The summed E-state index contributed by atoms with van der Waals surface area (Å²) < 4.78 is 11.3. The second kappa shape index (κ2) is 9.43. The van der Waals surface area contributed by atoms with E-state index in [1.165, 1.54) is 0 Å². The molecule has 7 nitrogen and oxygen atoms in total. The molecular formula is C26H34N4O3. The van der Waals surface area contributed by atoms with Crippen molar-refractivity contribution < 1.29 is 14.3 Å². The summed E-state index contributed by atoms with van der Waals surface area (Å²) in [6.45, 7) is 7.94. The predicted molar refractivity (Wildman–Crippen MR) is 130 cm³/mol. The first-order valence-corrected chi connectivity index (χ1v) is 11.5. The number of H-pyrrole nitrogens is 1. The van der Waals surface area contributed by atoms with Gasteiger partial charge in [-0.1, -0.05) is 18.2 Å². The van der Waals surface area contributed by atoms with Crippen molar-refractivity contribution in [2.24, 2.45) is 0 Å². The number of hydrogen-bond donors (Lipinski definition) is 1. The number of nitrogens with one attached hydrogen (secondary N) is 1. The molecule has 3 aromatic rings. The fraction of sp³-hybridized carbons (Fsp3) is 0.462. The molecule has 1 N–H and O–H groups in total. The number of nitrogens with zero attached hydrogens (tertiary/aromatic N) is 3. The van der Waals surface area contributed by atoms with E-state index < -0.39 is 5.60 Å². The SMILES string of the molecule is COc1cc(-c2ccc3[nH]ncc3c2)ccc1CN(C)C1CCN(C(=O)OC(C)(C)C)CC1. The Kier molecular flexibility index (Phi) is 6.61. The van der Waals surface area contributed by atoms with Crippen molar-refractivity contribution in [3.05, 3.63) is 48.2 Å². The van der Waals surface area contributed by atoms with Gasteiger partial charge in [-0.25, -0.2) is 4.79 Å². The molecule has 0 radical (unpaired) electrons. The number of ether oxygens (including phenoxy) is 2. The van der Waals surface area contributed by atoms with Crippen LogP contribution in [-0.4, -0.2) is 65.0 Å². The topological polar surface area (TPSA) is 70.7 Å². The third-order valence-electron chi connectivity index (χ3n) is 6.22. The fourth-order valence-corrected chi connectivity index (χ4v) is 4.39. The van der Waals surface area contributed by atoms with E-state index in [0.29, 0.717) is 6.04 Å². The Hall–Kier alpha value is -3.06. The Morgan fingerprint density at radius 1 is 1.15 bits per heavy atom. The number of benzene rings is 2. The number of rotatable bonds is 5. The number of likely N-dealkylation sites (tertiary alicyclic amines) is 1. The first-order chi connectivity index (χ1) is 15.7. The molecule has 0 bridgehead atoms. The standard InChI is InChI=1S/C26H34N4O3/c1-26(2,3)33-25(31)30-12-10-22(11-13-30)29(4)17-20-7-6-19(15-24(20)32-5)18-8-9-23-21(14-18)16-27-28-23/h6-9,14-16,22H,10-13,17H2,1-5H3,(H,27,28). The molecular weight excluding hydrogens is 416 g/mol. The smallest absolute Gasteiger partial charge is 0.410 e. The lowest BCUT2D eigenvalue weighted by Gasteiger charge is -2.37. The average molecular weight is 451 g/mol. The van der Waals surface area contributed by atoms with E-state index in [-0.39, 0.29) is 6.09 Å². The van der Waals surface area contributed by atoms with Gasteiger partial charge in [0.15, 0.2) is 0 Å². The van der Waals surface area contributed by atoms with Crippen LogP contribution in [0.4, 0.5) is 4.79 Å². The Morgan fingerprint density at radius 3 is 2.55 bits per heavy atom. The van der Waals surface area contributed by atoms with Gasteiger partial charge in [0.2, 0.25) is 0 Å².